The van der Waals surface area contributed by atoms with E-state index in [-0.39, 0.29) is 5.82 Å². The summed E-state index contributed by atoms with van der Waals surface area (Å²) in [6.07, 6.45) is 1.71. The topological polar surface area (TPSA) is 52.0 Å². The van der Waals surface area contributed by atoms with Gasteiger partial charge in [0.1, 0.15) is 17.3 Å². The van der Waals surface area contributed by atoms with E-state index in [4.69, 9.17) is 4.74 Å². The summed E-state index contributed by atoms with van der Waals surface area (Å²) in [5, 5.41) is 11.2. The molecule has 0 spiro atoms. The fourth-order valence-corrected chi connectivity index (χ4v) is 1.78. The molecule has 1 aromatic carbocycles. The van der Waals surface area contributed by atoms with Crippen LogP contribution in [0.3, 0.4) is 0 Å². The van der Waals surface area contributed by atoms with Gasteiger partial charge >= 0.3 is 0 Å². The van der Waals surface area contributed by atoms with Crippen LogP contribution in [0.5, 0.6) is 5.75 Å². The Hall–Kier alpha value is -1.95. The van der Waals surface area contributed by atoms with E-state index in [1.54, 1.807) is 25.4 Å². The molecular formula is C14H19FN4O. The van der Waals surface area contributed by atoms with Crippen LogP contribution in [0.4, 0.5) is 4.39 Å². The van der Waals surface area contributed by atoms with Gasteiger partial charge in [-0.05, 0) is 24.6 Å². The fraction of sp³-hybridized carbons (Fsp3) is 0.429. The van der Waals surface area contributed by atoms with Crippen LogP contribution < -0.4 is 10.1 Å². The Kier molecular flexibility index (Phi) is 4.68. The van der Waals surface area contributed by atoms with E-state index in [1.807, 2.05) is 0 Å². The molecule has 0 radical (unpaired) electrons. The van der Waals surface area contributed by atoms with E-state index in [2.05, 4.69) is 29.5 Å². The predicted octanol–water partition coefficient (Wildman–Crippen LogP) is 2.16. The summed E-state index contributed by atoms with van der Waals surface area (Å²) < 4.78 is 20.3. The molecule has 20 heavy (non-hydrogen) atoms. The highest BCUT2D eigenvalue weighted by Crippen LogP contribution is 2.19. The Labute approximate surface area is 117 Å². The molecule has 0 unspecified atom stereocenters. The van der Waals surface area contributed by atoms with Crippen LogP contribution in [0.25, 0.3) is 5.69 Å². The molecule has 108 valence electrons. The molecule has 0 amide bonds. The largest absolute Gasteiger partial charge is 0.497 e. The number of ether oxygens (including phenoxy) is 1. The van der Waals surface area contributed by atoms with Gasteiger partial charge in [-0.1, -0.05) is 19.1 Å². The first-order chi connectivity index (χ1) is 9.60. The quantitative estimate of drug-likeness (QED) is 0.879. The van der Waals surface area contributed by atoms with Crippen molar-refractivity contribution in [1.82, 2.24) is 20.3 Å². The van der Waals surface area contributed by atoms with E-state index in [0.29, 0.717) is 23.9 Å². The number of methoxy groups -OCH3 is 1. The molecule has 6 heteroatoms. The van der Waals surface area contributed by atoms with Crippen LogP contribution >= 0.6 is 0 Å². The van der Waals surface area contributed by atoms with Crippen LogP contribution in [-0.4, -0.2) is 28.6 Å². The van der Waals surface area contributed by atoms with Gasteiger partial charge in [0.05, 0.1) is 19.0 Å². The average molecular weight is 278 g/mol. The molecule has 2 rings (SSSR count). The second kappa shape index (κ2) is 6.47. The minimum Gasteiger partial charge on any atom is -0.497 e. The number of halogens is 1. The molecule has 2 aromatic rings. The third-order valence-corrected chi connectivity index (χ3v) is 2.80. The highest BCUT2D eigenvalue weighted by atomic mass is 19.1. The summed E-state index contributed by atoms with van der Waals surface area (Å²) in [6.45, 7) is 5.79. The summed E-state index contributed by atoms with van der Waals surface area (Å²) in [5.74, 6) is 0.787. The summed E-state index contributed by atoms with van der Waals surface area (Å²) >= 11 is 0. The van der Waals surface area contributed by atoms with Crippen LogP contribution in [0, 0.1) is 11.7 Å². The van der Waals surface area contributed by atoms with Crippen LogP contribution in [-0.2, 0) is 6.54 Å². The Morgan fingerprint density at radius 3 is 2.90 bits per heavy atom. The number of hydrogen-bond acceptors (Lipinski definition) is 4. The second-order valence-corrected chi connectivity index (χ2v) is 5.00. The van der Waals surface area contributed by atoms with Crippen molar-refractivity contribution in [2.24, 2.45) is 5.92 Å². The summed E-state index contributed by atoms with van der Waals surface area (Å²) in [6, 6.07) is 4.52. The van der Waals surface area contributed by atoms with Gasteiger partial charge in [0.25, 0.3) is 0 Å². The lowest BCUT2D eigenvalue weighted by atomic mass is 10.2. The molecule has 1 heterocycles. The summed E-state index contributed by atoms with van der Waals surface area (Å²) in [4.78, 5) is 0. The van der Waals surface area contributed by atoms with Crippen molar-refractivity contribution in [2.75, 3.05) is 13.7 Å². The standard InChI is InChI=1S/C14H19FN4O/c1-10(2)7-16-8-11-9-19(18-17-11)14-6-12(20-3)4-5-13(14)15/h4-6,9-10,16H,7-8H2,1-3H3. The molecule has 1 N–H and O–H groups in total. The van der Waals surface area contributed by atoms with Crippen LogP contribution in [0.2, 0.25) is 0 Å². The zero-order valence-corrected chi connectivity index (χ0v) is 11.9. The first-order valence-corrected chi connectivity index (χ1v) is 6.56. The maximum absolute atomic E-state index is 13.8. The predicted molar refractivity (Wildman–Crippen MR) is 74.4 cm³/mol. The Morgan fingerprint density at radius 1 is 1.40 bits per heavy atom. The van der Waals surface area contributed by atoms with Crippen molar-refractivity contribution in [3.63, 3.8) is 0 Å². The van der Waals surface area contributed by atoms with Gasteiger partial charge in [-0.2, -0.15) is 0 Å². The lowest BCUT2D eigenvalue weighted by Gasteiger charge is -2.05. The zero-order valence-electron chi connectivity index (χ0n) is 11.9. The van der Waals surface area contributed by atoms with Gasteiger partial charge in [-0.25, -0.2) is 9.07 Å². The van der Waals surface area contributed by atoms with Crippen LogP contribution in [0.15, 0.2) is 24.4 Å². The Morgan fingerprint density at radius 2 is 2.20 bits per heavy atom. The monoisotopic (exact) mass is 278 g/mol. The molecule has 0 aliphatic carbocycles. The molecular weight excluding hydrogens is 259 g/mol. The first-order valence-electron chi connectivity index (χ1n) is 6.56. The number of benzene rings is 1. The smallest absolute Gasteiger partial charge is 0.149 e. The molecule has 0 aliphatic heterocycles. The van der Waals surface area contributed by atoms with Gasteiger partial charge in [0.2, 0.25) is 0 Å². The van der Waals surface area contributed by atoms with E-state index in [9.17, 15) is 4.39 Å². The number of rotatable bonds is 6. The Bertz CT molecular complexity index is 568. The molecule has 0 fully saturated rings. The minimum absolute atomic E-state index is 0.326. The molecule has 0 aliphatic rings. The van der Waals surface area contributed by atoms with Gasteiger partial charge in [0, 0.05) is 12.6 Å². The van der Waals surface area contributed by atoms with E-state index >= 15 is 0 Å². The number of nitrogens with zero attached hydrogens (tertiary/aromatic N) is 3. The summed E-state index contributed by atoms with van der Waals surface area (Å²) in [7, 11) is 1.54. The van der Waals surface area contributed by atoms with Crippen molar-refractivity contribution in [2.45, 2.75) is 20.4 Å². The Balaban J connectivity index is 2.12. The number of hydrogen-bond donors (Lipinski definition) is 1. The zero-order chi connectivity index (χ0) is 14.5. The van der Waals surface area contributed by atoms with Gasteiger partial charge < -0.3 is 10.1 Å². The lowest BCUT2D eigenvalue weighted by molar-refractivity contribution is 0.413. The van der Waals surface area contributed by atoms with Crippen molar-refractivity contribution in [3.05, 3.63) is 35.9 Å². The normalized spacial score (nSPS) is 11.1. The first kappa shape index (κ1) is 14.5. The molecule has 0 atom stereocenters. The fourth-order valence-electron chi connectivity index (χ4n) is 1.78. The molecule has 5 nitrogen and oxygen atoms in total. The highest BCUT2D eigenvalue weighted by Gasteiger charge is 2.09. The van der Waals surface area contributed by atoms with Gasteiger partial charge in [0.15, 0.2) is 0 Å². The van der Waals surface area contributed by atoms with Crippen molar-refractivity contribution < 1.29 is 9.13 Å². The van der Waals surface area contributed by atoms with Gasteiger partial charge in [-0.15, -0.1) is 5.10 Å². The molecule has 0 bridgehead atoms. The van der Waals surface area contributed by atoms with Crippen LogP contribution in [0.1, 0.15) is 19.5 Å². The minimum atomic E-state index is -0.364. The SMILES string of the molecule is COc1ccc(F)c(-n2cc(CNCC(C)C)nn2)c1. The highest BCUT2D eigenvalue weighted by molar-refractivity contribution is 5.40. The van der Waals surface area contributed by atoms with Crippen molar-refractivity contribution >= 4 is 0 Å². The van der Waals surface area contributed by atoms with E-state index in [0.717, 1.165) is 12.2 Å². The third-order valence-electron chi connectivity index (χ3n) is 2.80. The molecule has 1 aromatic heterocycles. The second-order valence-electron chi connectivity index (χ2n) is 5.00. The van der Waals surface area contributed by atoms with E-state index < -0.39 is 0 Å². The maximum Gasteiger partial charge on any atom is 0.149 e. The van der Waals surface area contributed by atoms with E-state index in [1.165, 1.54) is 10.7 Å². The lowest BCUT2D eigenvalue weighted by Crippen LogP contribution is -2.19. The van der Waals surface area contributed by atoms with Crippen molar-refractivity contribution in [1.29, 1.82) is 0 Å². The maximum atomic E-state index is 13.8. The summed E-state index contributed by atoms with van der Waals surface area (Å²) in [5.41, 5.74) is 1.10. The number of aromatic nitrogens is 3. The number of nitrogens with one attached hydrogen (secondary N) is 1. The van der Waals surface area contributed by atoms with Crippen molar-refractivity contribution in [3.8, 4) is 11.4 Å². The molecule has 0 saturated carbocycles. The molecule has 0 saturated heterocycles. The average Bonchev–Trinajstić information content (AvgIpc) is 2.87. The third kappa shape index (κ3) is 3.54. The van der Waals surface area contributed by atoms with Gasteiger partial charge in [-0.3, -0.25) is 0 Å².